The van der Waals surface area contributed by atoms with Crippen LogP contribution in [0.2, 0.25) is 0 Å². The van der Waals surface area contributed by atoms with Crippen molar-refractivity contribution in [2.24, 2.45) is 5.92 Å². The van der Waals surface area contributed by atoms with Gasteiger partial charge in [-0.1, -0.05) is 12.8 Å². The average molecular weight is 360 g/mol. The highest BCUT2D eigenvalue weighted by molar-refractivity contribution is 7.93. The number of rotatable bonds is 2. The van der Waals surface area contributed by atoms with Gasteiger partial charge in [0.1, 0.15) is 17.8 Å². The largest absolute Gasteiger partial charge is 0.354 e. The summed E-state index contributed by atoms with van der Waals surface area (Å²) in [4.78, 5) is 11.4. The molecule has 0 spiro atoms. The molecule has 7 heteroatoms. The Bertz CT molecular complexity index is 959. The van der Waals surface area contributed by atoms with Crippen molar-refractivity contribution < 1.29 is 8.42 Å². The monoisotopic (exact) mass is 360 g/mol. The molecule has 25 heavy (non-hydrogen) atoms. The van der Waals surface area contributed by atoms with Crippen molar-refractivity contribution in [1.82, 2.24) is 14.5 Å². The summed E-state index contributed by atoms with van der Waals surface area (Å²) < 4.78 is 26.4. The molecule has 2 aromatic rings. The number of sulfone groups is 1. The number of hydrogen-bond donors (Lipinski definition) is 0. The van der Waals surface area contributed by atoms with Crippen LogP contribution in [0.3, 0.4) is 0 Å². The molecule has 0 unspecified atom stereocenters. The Morgan fingerprint density at radius 2 is 1.88 bits per heavy atom. The molecule has 2 aliphatic heterocycles. The molecular weight excluding hydrogens is 336 g/mol. The minimum Gasteiger partial charge on any atom is -0.354 e. The summed E-state index contributed by atoms with van der Waals surface area (Å²) in [5.41, 5.74) is 3.53. The second-order valence-electron chi connectivity index (χ2n) is 7.95. The van der Waals surface area contributed by atoms with E-state index in [-0.39, 0.29) is 11.2 Å². The number of aromatic nitrogens is 3. The van der Waals surface area contributed by atoms with Crippen molar-refractivity contribution >= 4 is 26.7 Å². The zero-order chi connectivity index (χ0) is 17.3. The fourth-order valence-corrected chi connectivity index (χ4v) is 7.14. The van der Waals surface area contributed by atoms with Crippen molar-refractivity contribution in [2.45, 2.75) is 50.8 Å². The number of aryl methyl sites for hydroxylation is 1. The van der Waals surface area contributed by atoms with Gasteiger partial charge in [0.2, 0.25) is 0 Å². The number of anilines is 1. The fraction of sp³-hybridized carbons (Fsp3) is 0.667. The van der Waals surface area contributed by atoms with Crippen LogP contribution in [0.4, 0.5) is 5.82 Å². The minimum atomic E-state index is -2.87. The van der Waals surface area contributed by atoms with Gasteiger partial charge >= 0.3 is 0 Å². The first-order chi connectivity index (χ1) is 12.0. The lowest BCUT2D eigenvalue weighted by Crippen LogP contribution is -2.45. The SMILES string of the molecule is Cc1c(C)n(C2CCCC2)c2ncnc(N3C[C@@H]4CS(=O)(=O)[C@@H]4C3)c12. The molecule has 3 aliphatic rings. The van der Waals surface area contributed by atoms with Crippen molar-refractivity contribution in [3.63, 3.8) is 0 Å². The summed E-state index contributed by atoms with van der Waals surface area (Å²) in [5, 5.41) is 0.918. The summed E-state index contributed by atoms with van der Waals surface area (Å²) in [5.74, 6) is 1.53. The first-order valence-electron chi connectivity index (χ1n) is 9.26. The van der Waals surface area contributed by atoms with Gasteiger partial charge in [0.15, 0.2) is 9.84 Å². The Labute approximate surface area is 148 Å². The molecule has 134 valence electrons. The highest BCUT2D eigenvalue weighted by Crippen LogP contribution is 2.41. The highest BCUT2D eigenvalue weighted by atomic mass is 32.2. The van der Waals surface area contributed by atoms with Gasteiger partial charge in [0, 0.05) is 30.7 Å². The molecular formula is C18H24N4O2S. The molecule has 2 saturated heterocycles. The quantitative estimate of drug-likeness (QED) is 0.823. The Morgan fingerprint density at radius 1 is 1.12 bits per heavy atom. The maximum absolute atomic E-state index is 12.0. The van der Waals surface area contributed by atoms with Crippen molar-refractivity contribution in [3.05, 3.63) is 17.6 Å². The number of nitrogens with zero attached hydrogens (tertiary/aromatic N) is 4. The fourth-order valence-electron chi connectivity index (χ4n) is 5.14. The Hall–Kier alpha value is -1.63. The molecule has 5 rings (SSSR count). The van der Waals surface area contributed by atoms with Crippen LogP contribution in [0, 0.1) is 19.8 Å². The van der Waals surface area contributed by atoms with Gasteiger partial charge in [-0.25, -0.2) is 18.4 Å². The number of hydrogen-bond acceptors (Lipinski definition) is 5. The van der Waals surface area contributed by atoms with E-state index in [0.717, 1.165) is 23.4 Å². The van der Waals surface area contributed by atoms with E-state index in [2.05, 4.69) is 33.3 Å². The molecule has 0 amide bonds. The second-order valence-corrected chi connectivity index (χ2v) is 10.2. The Morgan fingerprint density at radius 3 is 2.56 bits per heavy atom. The van der Waals surface area contributed by atoms with E-state index in [1.807, 2.05) is 0 Å². The topological polar surface area (TPSA) is 68.1 Å². The minimum absolute atomic E-state index is 0.198. The highest BCUT2D eigenvalue weighted by Gasteiger charge is 2.52. The van der Waals surface area contributed by atoms with Gasteiger partial charge in [0.05, 0.1) is 16.4 Å². The van der Waals surface area contributed by atoms with E-state index in [1.165, 1.54) is 36.9 Å². The average Bonchev–Trinajstić information content (AvgIpc) is 3.27. The lowest BCUT2D eigenvalue weighted by molar-refractivity contribution is 0.508. The third kappa shape index (κ3) is 2.11. The summed E-state index contributed by atoms with van der Waals surface area (Å²) in [6.45, 7) is 5.70. The third-order valence-corrected chi connectivity index (χ3v) is 8.94. The molecule has 4 heterocycles. The van der Waals surface area contributed by atoms with Crippen LogP contribution in [-0.2, 0) is 9.84 Å². The van der Waals surface area contributed by atoms with Crippen molar-refractivity contribution in [3.8, 4) is 0 Å². The van der Waals surface area contributed by atoms with E-state index in [1.54, 1.807) is 6.33 Å². The van der Waals surface area contributed by atoms with Gasteiger partial charge in [-0.05, 0) is 32.3 Å². The molecule has 2 atom stereocenters. The molecule has 0 aromatic carbocycles. The summed E-state index contributed by atoms with van der Waals surface area (Å²) in [7, 11) is -2.87. The Balaban J connectivity index is 1.62. The predicted molar refractivity (Wildman–Crippen MR) is 97.8 cm³/mol. The van der Waals surface area contributed by atoms with Gasteiger partial charge < -0.3 is 9.47 Å². The van der Waals surface area contributed by atoms with Gasteiger partial charge in [-0.3, -0.25) is 0 Å². The van der Waals surface area contributed by atoms with E-state index in [4.69, 9.17) is 0 Å². The first kappa shape index (κ1) is 15.6. The molecule has 6 nitrogen and oxygen atoms in total. The maximum Gasteiger partial charge on any atom is 0.155 e. The lowest BCUT2D eigenvalue weighted by atomic mass is 10.1. The van der Waals surface area contributed by atoms with E-state index in [0.29, 0.717) is 18.3 Å². The van der Waals surface area contributed by atoms with Crippen LogP contribution in [0.1, 0.15) is 43.0 Å². The number of fused-ring (bicyclic) bond motifs is 2. The Kier molecular flexibility index (Phi) is 3.24. The van der Waals surface area contributed by atoms with Crippen LogP contribution in [-0.4, -0.2) is 47.0 Å². The van der Waals surface area contributed by atoms with E-state index < -0.39 is 9.84 Å². The van der Waals surface area contributed by atoms with Gasteiger partial charge in [-0.2, -0.15) is 0 Å². The van der Waals surface area contributed by atoms with Crippen LogP contribution in [0.25, 0.3) is 11.0 Å². The van der Waals surface area contributed by atoms with Crippen LogP contribution in [0.15, 0.2) is 6.33 Å². The molecule has 1 aliphatic carbocycles. The second kappa shape index (κ2) is 5.19. The van der Waals surface area contributed by atoms with Gasteiger partial charge in [-0.15, -0.1) is 0 Å². The van der Waals surface area contributed by atoms with Gasteiger partial charge in [0.25, 0.3) is 0 Å². The third-order valence-electron chi connectivity index (χ3n) is 6.59. The van der Waals surface area contributed by atoms with E-state index in [9.17, 15) is 8.42 Å². The molecule has 0 N–H and O–H groups in total. The van der Waals surface area contributed by atoms with Crippen LogP contribution >= 0.6 is 0 Å². The lowest BCUT2D eigenvalue weighted by Gasteiger charge is -2.27. The van der Waals surface area contributed by atoms with Crippen molar-refractivity contribution in [2.75, 3.05) is 23.7 Å². The standard InChI is InChI=1S/C18H24N4O2S/c1-11-12(2)22(14-5-3-4-6-14)18-16(11)17(19-10-20-18)21-7-13-9-25(23,24)15(13)8-21/h10,13-15H,3-9H2,1-2H3/t13-,15-/m1/s1. The summed E-state index contributed by atoms with van der Waals surface area (Å²) in [6.07, 6.45) is 6.66. The van der Waals surface area contributed by atoms with E-state index >= 15 is 0 Å². The predicted octanol–water partition coefficient (Wildman–Crippen LogP) is 2.40. The molecule has 3 fully saturated rings. The van der Waals surface area contributed by atoms with Crippen LogP contribution in [0.5, 0.6) is 0 Å². The summed E-state index contributed by atoms with van der Waals surface area (Å²) >= 11 is 0. The maximum atomic E-state index is 12.0. The first-order valence-corrected chi connectivity index (χ1v) is 11.0. The van der Waals surface area contributed by atoms with Crippen molar-refractivity contribution in [1.29, 1.82) is 0 Å². The molecule has 2 aromatic heterocycles. The molecule has 1 saturated carbocycles. The zero-order valence-corrected chi connectivity index (χ0v) is 15.6. The normalized spacial score (nSPS) is 28.5. The zero-order valence-electron chi connectivity index (χ0n) is 14.8. The smallest absolute Gasteiger partial charge is 0.155 e. The van der Waals surface area contributed by atoms with Crippen LogP contribution < -0.4 is 4.90 Å². The molecule has 0 bridgehead atoms. The molecule has 0 radical (unpaired) electrons. The summed E-state index contributed by atoms with van der Waals surface area (Å²) in [6, 6.07) is 0.536.